The minimum Gasteiger partial charge on any atom is -0.399 e. The molecular weight excluding hydrogens is 306 g/mol. The van der Waals surface area contributed by atoms with Gasteiger partial charge in [0.15, 0.2) is 0 Å². The second kappa shape index (κ2) is 5.18. The summed E-state index contributed by atoms with van der Waals surface area (Å²) in [6.45, 7) is 0.348. The van der Waals surface area contributed by atoms with E-state index in [1.54, 1.807) is 36.6 Å². The first-order valence-electron chi connectivity index (χ1n) is 6.32. The summed E-state index contributed by atoms with van der Waals surface area (Å²) < 4.78 is 26.8. The Labute approximate surface area is 127 Å². The average Bonchev–Trinajstić information content (AvgIpc) is 3.07. The molecule has 3 aromatic rings. The third kappa shape index (κ3) is 2.55. The number of anilines is 1. The number of aromatic nitrogens is 1. The average molecular weight is 321 g/mol. The minimum absolute atomic E-state index is 0.252. The summed E-state index contributed by atoms with van der Waals surface area (Å²) >= 11 is 1.55. The van der Waals surface area contributed by atoms with Crippen molar-refractivity contribution >= 4 is 38.0 Å². The maximum absolute atomic E-state index is 12.7. The minimum atomic E-state index is -3.56. The molecule has 0 radical (unpaired) electrons. The second-order valence-corrected chi connectivity index (χ2v) is 7.64. The van der Waals surface area contributed by atoms with Crippen LogP contribution in [0.4, 0.5) is 5.69 Å². The highest BCUT2D eigenvalue weighted by molar-refractivity contribution is 7.89. The van der Waals surface area contributed by atoms with Crippen molar-refractivity contribution in [1.82, 2.24) is 9.29 Å². The van der Waals surface area contributed by atoms with Gasteiger partial charge in [0.1, 0.15) is 4.90 Å². The topological polar surface area (TPSA) is 79.2 Å². The molecule has 5 nitrogen and oxygen atoms in total. The summed E-state index contributed by atoms with van der Waals surface area (Å²) in [6, 6.07) is 7.12. The highest BCUT2D eigenvalue weighted by Gasteiger charge is 2.24. The highest BCUT2D eigenvalue weighted by atomic mass is 32.2. The van der Waals surface area contributed by atoms with Crippen molar-refractivity contribution < 1.29 is 8.42 Å². The van der Waals surface area contributed by atoms with Crippen LogP contribution in [0.3, 0.4) is 0 Å². The molecule has 1 aromatic carbocycles. The van der Waals surface area contributed by atoms with Crippen LogP contribution in [0.15, 0.2) is 46.1 Å². The maximum Gasteiger partial charge on any atom is 0.245 e. The molecular formula is C14H15N3O2S2. The molecule has 0 fully saturated rings. The number of nitrogens with one attached hydrogen (secondary N) is 1. The standard InChI is InChI=1S/C14H15N3O2S2/c1-17(8-10-4-5-20-9-10)21(18,19)14-7-16-13-3-2-11(15)6-12(13)14/h2-7,9,16H,8,15H2,1H3. The van der Waals surface area contributed by atoms with Crippen LogP contribution in [0, 0.1) is 0 Å². The van der Waals surface area contributed by atoms with Crippen molar-refractivity contribution in [2.45, 2.75) is 11.4 Å². The van der Waals surface area contributed by atoms with Gasteiger partial charge in [0.25, 0.3) is 0 Å². The van der Waals surface area contributed by atoms with Crippen LogP contribution in [0.5, 0.6) is 0 Å². The van der Waals surface area contributed by atoms with Crippen LogP contribution < -0.4 is 5.73 Å². The number of rotatable bonds is 4. The van der Waals surface area contributed by atoms with Crippen LogP contribution in [0.1, 0.15) is 5.56 Å². The number of H-pyrrole nitrogens is 1. The van der Waals surface area contributed by atoms with E-state index in [9.17, 15) is 8.42 Å². The number of hydrogen-bond donors (Lipinski definition) is 2. The lowest BCUT2D eigenvalue weighted by Gasteiger charge is -2.16. The van der Waals surface area contributed by atoms with Crippen LogP contribution in [-0.2, 0) is 16.6 Å². The molecule has 3 rings (SSSR count). The molecule has 0 aliphatic carbocycles. The number of aromatic amines is 1. The van der Waals surface area contributed by atoms with Gasteiger partial charge in [-0.15, -0.1) is 0 Å². The number of nitrogens with zero attached hydrogens (tertiary/aromatic N) is 1. The van der Waals surface area contributed by atoms with E-state index in [1.165, 1.54) is 10.5 Å². The summed E-state index contributed by atoms with van der Waals surface area (Å²) in [5, 5.41) is 4.49. The lowest BCUT2D eigenvalue weighted by Crippen LogP contribution is -2.26. The molecule has 0 amide bonds. The van der Waals surface area contributed by atoms with Crippen LogP contribution >= 0.6 is 11.3 Å². The van der Waals surface area contributed by atoms with Gasteiger partial charge in [0.05, 0.1) is 0 Å². The Kier molecular flexibility index (Phi) is 3.48. The zero-order valence-electron chi connectivity index (χ0n) is 11.4. The van der Waals surface area contributed by atoms with Crippen molar-refractivity contribution in [2.24, 2.45) is 0 Å². The van der Waals surface area contributed by atoms with Gasteiger partial charge in [-0.05, 0) is 40.6 Å². The summed E-state index contributed by atoms with van der Waals surface area (Å²) in [7, 11) is -1.98. The Balaban J connectivity index is 2.01. The first-order chi connectivity index (χ1) is 9.98. The molecule has 0 saturated heterocycles. The Morgan fingerprint density at radius 2 is 2.14 bits per heavy atom. The van der Waals surface area contributed by atoms with Gasteiger partial charge < -0.3 is 10.7 Å². The van der Waals surface area contributed by atoms with Gasteiger partial charge in [-0.1, -0.05) is 0 Å². The number of nitrogen functional groups attached to an aromatic ring is 1. The van der Waals surface area contributed by atoms with E-state index >= 15 is 0 Å². The van der Waals surface area contributed by atoms with Gasteiger partial charge in [0, 0.05) is 36.4 Å². The molecule has 0 unspecified atom stereocenters. The lowest BCUT2D eigenvalue weighted by atomic mass is 10.2. The van der Waals surface area contributed by atoms with E-state index in [4.69, 9.17) is 5.73 Å². The third-order valence-electron chi connectivity index (χ3n) is 3.34. The van der Waals surface area contributed by atoms with E-state index in [0.717, 1.165) is 11.1 Å². The molecule has 0 atom stereocenters. The van der Waals surface area contributed by atoms with Crippen molar-refractivity contribution in [3.8, 4) is 0 Å². The van der Waals surface area contributed by atoms with Crippen molar-refractivity contribution in [1.29, 1.82) is 0 Å². The van der Waals surface area contributed by atoms with E-state index in [2.05, 4.69) is 4.98 Å². The number of thiophene rings is 1. The normalized spacial score (nSPS) is 12.3. The molecule has 7 heteroatoms. The molecule has 0 aliphatic heterocycles. The molecule has 21 heavy (non-hydrogen) atoms. The van der Waals surface area contributed by atoms with E-state index < -0.39 is 10.0 Å². The Morgan fingerprint density at radius 3 is 2.86 bits per heavy atom. The number of hydrogen-bond acceptors (Lipinski definition) is 4. The molecule has 2 heterocycles. The summed E-state index contributed by atoms with van der Waals surface area (Å²) in [4.78, 5) is 3.23. The van der Waals surface area contributed by atoms with Gasteiger partial charge in [-0.3, -0.25) is 0 Å². The summed E-state index contributed by atoms with van der Waals surface area (Å²) in [6.07, 6.45) is 1.52. The SMILES string of the molecule is CN(Cc1ccsc1)S(=O)(=O)c1c[nH]c2ccc(N)cc12. The predicted molar refractivity (Wildman–Crippen MR) is 85.7 cm³/mol. The van der Waals surface area contributed by atoms with Crippen LogP contribution in [0.2, 0.25) is 0 Å². The van der Waals surface area contributed by atoms with E-state index in [1.807, 2.05) is 16.8 Å². The molecule has 0 spiro atoms. The van der Waals surface area contributed by atoms with Gasteiger partial charge in [0.2, 0.25) is 10.0 Å². The Morgan fingerprint density at radius 1 is 1.33 bits per heavy atom. The second-order valence-electron chi connectivity index (χ2n) is 4.85. The third-order valence-corrected chi connectivity index (χ3v) is 5.92. The zero-order valence-corrected chi connectivity index (χ0v) is 13.0. The number of nitrogens with two attached hydrogens (primary N) is 1. The smallest absolute Gasteiger partial charge is 0.245 e. The van der Waals surface area contributed by atoms with Crippen LogP contribution in [-0.4, -0.2) is 24.8 Å². The van der Waals surface area contributed by atoms with Crippen molar-refractivity contribution in [2.75, 3.05) is 12.8 Å². The van der Waals surface area contributed by atoms with Gasteiger partial charge >= 0.3 is 0 Å². The zero-order chi connectivity index (χ0) is 15.0. The summed E-state index contributed by atoms with van der Waals surface area (Å²) in [5.41, 5.74) is 8.03. The monoisotopic (exact) mass is 321 g/mol. The molecule has 0 saturated carbocycles. The largest absolute Gasteiger partial charge is 0.399 e. The molecule has 110 valence electrons. The number of fused-ring (bicyclic) bond motifs is 1. The molecule has 0 aliphatic rings. The fraction of sp³-hybridized carbons (Fsp3) is 0.143. The van der Waals surface area contributed by atoms with Gasteiger partial charge in [-0.2, -0.15) is 15.6 Å². The van der Waals surface area contributed by atoms with Crippen molar-refractivity contribution in [3.63, 3.8) is 0 Å². The maximum atomic E-state index is 12.7. The predicted octanol–water partition coefficient (Wildman–Crippen LogP) is 2.63. The Bertz CT molecular complexity index is 867. The number of sulfonamides is 1. The number of benzene rings is 1. The van der Waals surface area contributed by atoms with Crippen LogP contribution in [0.25, 0.3) is 10.9 Å². The lowest BCUT2D eigenvalue weighted by molar-refractivity contribution is 0.468. The fourth-order valence-electron chi connectivity index (χ4n) is 2.22. The molecule has 0 bridgehead atoms. The molecule has 3 N–H and O–H groups in total. The van der Waals surface area contributed by atoms with E-state index in [-0.39, 0.29) is 4.90 Å². The van der Waals surface area contributed by atoms with E-state index in [0.29, 0.717) is 17.6 Å². The van der Waals surface area contributed by atoms with Gasteiger partial charge in [-0.25, -0.2) is 8.42 Å². The fourth-order valence-corrected chi connectivity index (χ4v) is 4.19. The molecule has 2 aromatic heterocycles. The quantitative estimate of drug-likeness (QED) is 0.725. The highest BCUT2D eigenvalue weighted by Crippen LogP contribution is 2.27. The van der Waals surface area contributed by atoms with Crippen molar-refractivity contribution in [3.05, 3.63) is 46.8 Å². The Hall–Kier alpha value is -1.83. The first-order valence-corrected chi connectivity index (χ1v) is 8.71. The summed E-state index contributed by atoms with van der Waals surface area (Å²) in [5.74, 6) is 0. The first kappa shape index (κ1) is 14.1.